The number of benzene rings is 1. The molecular weight excluding hydrogens is 400 g/mol. The van der Waals surface area contributed by atoms with Gasteiger partial charge in [0.1, 0.15) is 5.56 Å². The zero-order valence-corrected chi connectivity index (χ0v) is 18.3. The van der Waals surface area contributed by atoms with E-state index in [1.165, 1.54) is 10.9 Å². The van der Waals surface area contributed by atoms with E-state index in [4.69, 9.17) is 0 Å². The monoisotopic (exact) mass is 428 g/mol. The standard InChI is InChI=1S/C23H28N4O2.ClH/c1-15-10-14-27(17-7-11-24-12-8-17)23(29)21(15)22(28)25-13-9-18-16(2)26-20-6-4-3-5-19(18)20;/h3-6,10,14,17,24,26H,7-9,11-13H2,1-2H3,(H,25,28);1H. The summed E-state index contributed by atoms with van der Waals surface area (Å²) in [6.07, 6.45) is 4.36. The van der Waals surface area contributed by atoms with Crippen LogP contribution in [0.3, 0.4) is 0 Å². The first-order valence-electron chi connectivity index (χ1n) is 10.3. The lowest BCUT2D eigenvalue weighted by Gasteiger charge is -2.25. The number of nitrogens with zero attached hydrogens (tertiary/aromatic N) is 1. The normalized spacial score (nSPS) is 14.5. The number of para-hydroxylation sites is 1. The number of aromatic amines is 1. The smallest absolute Gasteiger partial charge is 0.263 e. The summed E-state index contributed by atoms with van der Waals surface area (Å²) in [7, 11) is 0. The summed E-state index contributed by atoms with van der Waals surface area (Å²) < 4.78 is 1.74. The fourth-order valence-electron chi connectivity index (χ4n) is 4.34. The fraction of sp³-hybridized carbons (Fsp3) is 0.391. The molecule has 30 heavy (non-hydrogen) atoms. The predicted octanol–water partition coefficient (Wildman–Crippen LogP) is 3.27. The van der Waals surface area contributed by atoms with E-state index in [0.717, 1.165) is 49.1 Å². The number of H-pyrrole nitrogens is 1. The van der Waals surface area contributed by atoms with Gasteiger partial charge in [-0.05, 0) is 69.5 Å². The van der Waals surface area contributed by atoms with Crippen LogP contribution in [0.4, 0.5) is 0 Å². The van der Waals surface area contributed by atoms with Crippen LogP contribution in [0.5, 0.6) is 0 Å². The zero-order chi connectivity index (χ0) is 20.4. The Morgan fingerprint density at radius 3 is 2.67 bits per heavy atom. The molecule has 1 aliphatic heterocycles. The second-order valence-corrected chi connectivity index (χ2v) is 7.85. The molecule has 0 saturated carbocycles. The van der Waals surface area contributed by atoms with E-state index in [1.807, 2.05) is 31.3 Å². The average molecular weight is 429 g/mol. The van der Waals surface area contributed by atoms with E-state index in [-0.39, 0.29) is 35.5 Å². The lowest BCUT2D eigenvalue weighted by Crippen LogP contribution is -2.38. The molecule has 1 aliphatic rings. The summed E-state index contributed by atoms with van der Waals surface area (Å²) in [6, 6.07) is 10.2. The van der Waals surface area contributed by atoms with Crippen molar-refractivity contribution in [1.82, 2.24) is 20.2 Å². The molecule has 3 aromatic rings. The van der Waals surface area contributed by atoms with Gasteiger partial charge < -0.3 is 20.2 Å². The second-order valence-electron chi connectivity index (χ2n) is 7.85. The van der Waals surface area contributed by atoms with Gasteiger partial charge in [-0.2, -0.15) is 0 Å². The number of hydrogen-bond donors (Lipinski definition) is 3. The highest BCUT2D eigenvalue weighted by atomic mass is 35.5. The second kappa shape index (κ2) is 9.49. The molecule has 1 saturated heterocycles. The topological polar surface area (TPSA) is 78.9 Å². The number of aromatic nitrogens is 2. The molecule has 4 rings (SSSR count). The Bertz CT molecular complexity index is 1100. The number of amides is 1. The molecule has 2 aromatic heterocycles. The highest BCUT2D eigenvalue weighted by molar-refractivity contribution is 5.95. The van der Waals surface area contributed by atoms with Gasteiger partial charge in [-0.15, -0.1) is 12.4 Å². The zero-order valence-electron chi connectivity index (χ0n) is 17.5. The number of hydrogen-bond acceptors (Lipinski definition) is 3. The van der Waals surface area contributed by atoms with Crippen molar-refractivity contribution in [3.8, 4) is 0 Å². The molecule has 0 atom stereocenters. The van der Waals surface area contributed by atoms with Crippen LogP contribution in [0.25, 0.3) is 10.9 Å². The van der Waals surface area contributed by atoms with Crippen molar-refractivity contribution in [2.75, 3.05) is 19.6 Å². The SMILES string of the molecule is Cc1ccn(C2CCNCC2)c(=O)c1C(=O)NCCc1c(C)[nH]c2ccccc12.Cl. The van der Waals surface area contributed by atoms with Gasteiger partial charge in [0.25, 0.3) is 11.5 Å². The number of aryl methyl sites for hydroxylation is 2. The number of pyridine rings is 1. The third-order valence-electron chi connectivity index (χ3n) is 5.94. The first kappa shape index (κ1) is 22.1. The Morgan fingerprint density at radius 2 is 1.90 bits per heavy atom. The maximum absolute atomic E-state index is 13.0. The largest absolute Gasteiger partial charge is 0.358 e. The first-order chi connectivity index (χ1) is 14.1. The van der Waals surface area contributed by atoms with E-state index in [0.29, 0.717) is 6.54 Å². The molecule has 3 heterocycles. The minimum Gasteiger partial charge on any atom is -0.358 e. The summed E-state index contributed by atoms with van der Waals surface area (Å²) in [6.45, 7) is 6.17. The maximum atomic E-state index is 13.0. The summed E-state index contributed by atoms with van der Waals surface area (Å²) in [5.74, 6) is -0.284. The highest BCUT2D eigenvalue weighted by Crippen LogP contribution is 2.22. The number of carbonyl (C=O) groups excluding carboxylic acids is 1. The van der Waals surface area contributed by atoms with Gasteiger partial charge in [-0.1, -0.05) is 18.2 Å². The summed E-state index contributed by atoms with van der Waals surface area (Å²) in [5, 5.41) is 7.46. The Balaban J connectivity index is 0.00000256. The third-order valence-corrected chi connectivity index (χ3v) is 5.94. The number of halogens is 1. The molecule has 160 valence electrons. The van der Waals surface area contributed by atoms with Gasteiger partial charge in [0.15, 0.2) is 0 Å². The molecule has 6 nitrogen and oxygen atoms in total. The minimum absolute atomic E-state index is 0. The number of carbonyl (C=O) groups is 1. The van der Waals surface area contributed by atoms with Crippen molar-refractivity contribution in [3.63, 3.8) is 0 Å². The van der Waals surface area contributed by atoms with Crippen molar-refractivity contribution in [2.45, 2.75) is 39.2 Å². The molecule has 1 amide bonds. The molecule has 1 fully saturated rings. The Labute approximate surface area is 182 Å². The van der Waals surface area contributed by atoms with Crippen LogP contribution in [0.1, 0.15) is 46.1 Å². The molecule has 3 N–H and O–H groups in total. The fourth-order valence-corrected chi connectivity index (χ4v) is 4.34. The lowest BCUT2D eigenvalue weighted by atomic mass is 10.0. The van der Waals surface area contributed by atoms with E-state index in [2.05, 4.69) is 34.7 Å². The molecule has 0 aliphatic carbocycles. The number of fused-ring (bicyclic) bond motifs is 1. The van der Waals surface area contributed by atoms with Crippen molar-refractivity contribution in [2.24, 2.45) is 0 Å². The molecule has 0 spiro atoms. The van der Waals surface area contributed by atoms with Crippen LogP contribution in [-0.2, 0) is 6.42 Å². The van der Waals surface area contributed by atoms with Gasteiger partial charge in [-0.3, -0.25) is 9.59 Å². The first-order valence-corrected chi connectivity index (χ1v) is 10.3. The predicted molar refractivity (Wildman–Crippen MR) is 123 cm³/mol. The van der Waals surface area contributed by atoms with E-state index < -0.39 is 0 Å². The van der Waals surface area contributed by atoms with Crippen molar-refractivity contribution in [3.05, 3.63) is 69.3 Å². The molecule has 1 aromatic carbocycles. The van der Waals surface area contributed by atoms with Gasteiger partial charge in [0.05, 0.1) is 0 Å². The van der Waals surface area contributed by atoms with Crippen molar-refractivity contribution < 1.29 is 4.79 Å². The van der Waals surface area contributed by atoms with Crippen LogP contribution in [0.2, 0.25) is 0 Å². The number of piperidine rings is 1. The van der Waals surface area contributed by atoms with Gasteiger partial charge in [-0.25, -0.2) is 0 Å². The summed E-state index contributed by atoms with van der Waals surface area (Å²) in [4.78, 5) is 29.3. The molecule has 0 bridgehead atoms. The molecular formula is C23H29ClN4O2. The van der Waals surface area contributed by atoms with Crippen molar-refractivity contribution >= 4 is 29.2 Å². The van der Waals surface area contributed by atoms with Gasteiger partial charge in [0.2, 0.25) is 0 Å². The van der Waals surface area contributed by atoms with Crippen molar-refractivity contribution in [1.29, 1.82) is 0 Å². The lowest BCUT2D eigenvalue weighted by molar-refractivity contribution is 0.0951. The highest BCUT2D eigenvalue weighted by Gasteiger charge is 2.21. The van der Waals surface area contributed by atoms with Crippen LogP contribution < -0.4 is 16.2 Å². The third kappa shape index (κ3) is 4.30. The Kier molecular flexibility index (Phi) is 7.00. The van der Waals surface area contributed by atoms with Crippen LogP contribution >= 0.6 is 12.4 Å². The summed E-state index contributed by atoms with van der Waals surface area (Å²) in [5.41, 5.74) is 4.23. The summed E-state index contributed by atoms with van der Waals surface area (Å²) >= 11 is 0. The maximum Gasteiger partial charge on any atom is 0.263 e. The molecule has 0 unspecified atom stereocenters. The quantitative estimate of drug-likeness (QED) is 0.583. The van der Waals surface area contributed by atoms with Gasteiger partial charge >= 0.3 is 0 Å². The minimum atomic E-state index is -0.284. The Hall–Kier alpha value is -2.57. The molecule has 7 heteroatoms. The Morgan fingerprint density at radius 1 is 1.17 bits per heavy atom. The molecule has 0 radical (unpaired) electrons. The number of rotatable bonds is 5. The number of nitrogens with one attached hydrogen (secondary N) is 3. The van der Waals surface area contributed by atoms with Crippen LogP contribution in [0, 0.1) is 13.8 Å². The van der Waals surface area contributed by atoms with Crippen LogP contribution in [-0.4, -0.2) is 35.1 Å². The van der Waals surface area contributed by atoms with E-state index in [9.17, 15) is 9.59 Å². The van der Waals surface area contributed by atoms with Crippen LogP contribution in [0.15, 0.2) is 41.3 Å². The van der Waals surface area contributed by atoms with E-state index >= 15 is 0 Å². The average Bonchev–Trinajstić information content (AvgIpc) is 3.04. The van der Waals surface area contributed by atoms with Gasteiger partial charge in [0, 0.05) is 35.4 Å². The van der Waals surface area contributed by atoms with E-state index in [1.54, 1.807) is 4.57 Å².